The largest absolute Gasteiger partial charge is 0.494 e. The number of unbranched alkanes of at least 4 members (excludes halogenated alkanes) is 1. The van der Waals surface area contributed by atoms with E-state index >= 15 is 0 Å². The third-order valence-corrected chi connectivity index (χ3v) is 5.44. The number of halogens is 2. The number of rotatable bonds is 7. The van der Waals surface area contributed by atoms with Crippen LogP contribution in [0.15, 0.2) is 47.8 Å². The number of hydrogen-bond acceptors (Lipinski definition) is 4. The van der Waals surface area contributed by atoms with Gasteiger partial charge >= 0.3 is 0 Å². The number of nitriles is 1. The number of hydrogen-bond donors (Lipinski definition) is 0. The number of allylic oxidation sites excluding steroid dienone is 1. The van der Waals surface area contributed by atoms with E-state index in [0.717, 1.165) is 35.4 Å². The second-order valence-corrected chi connectivity index (χ2v) is 7.80. The number of benzene rings is 2. The van der Waals surface area contributed by atoms with Gasteiger partial charge in [0, 0.05) is 16.0 Å². The molecule has 1 aromatic heterocycles. The molecule has 0 saturated carbocycles. The molecule has 3 rings (SSSR count). The van der Waals surface area contributed by atoms with Crippen molar-refractivity contribution in [2.24, 2.45) is 0 Å². The van der Waals surface area contributed by atoms with E-state index in [0.29, 0.717) is 27.2 Å². The highest BCUT2D eigenvalue weighted by molar-refractivity contribution is 7.11. The molecule has 0 radical (unpaired) electrons. The van der Waals surface area contributed by atoms with Crippen molar-refractivity contribution in [3.05, 3.63) is 68.5 Å². The number of thiazole rings is 1. The van der Waals surface area contributed by atoms with Gasteiger partial charge in [-0.05, 0) is 48.4 Å². The van der Waals surface area contributed by atoms with Crippen molar-refractivity contribution in [2.75, 3.05) is 6.61 Å². The summed E-state index contributed by atoms with van der Waals surface area (Å²) in [5.41, 5.74) is 2.93. The Labute approximate surface area is 178 Å². The highest BCUT2D eigenvalue weighted by Gasteiger charge is 2.12. The number of aromatic nitrogens is 1. The Morgan fingerprint density at radius 2 is 2.00 bits per heavy atom. The van der Waals surface area contributed by atoms with E-state index in [4.69, 9.17) is 27.9 Å². The molecule has 0 atom stereocenters. The zero-order valence-electron chi connectivity index (χ0n) is 15.3. The van der Waals surface area contributed by atoms with Crippen LogP contribution in [0.5, 0.6) is 5.75 Å². The van der Waals surface area contributed by atoms with E-state index < -0.39 is 0 Å². The molecule has 0 amide bonds. The van der Waals surface area contributed by atoms with Gasteiger partial charge in [-0.1, -0.05) is 48.7 Å². The Morgan fingerprint density at radius 3 is 2.68 bits per heavy atom. The molecule has 3 aromatic rings. The Kier molecular flexibility index (Phi) is 7.11. The van der Waals surface area contributed by atoms with E-state index in [-0.39, 0.29) is 0 Å². The molecule has 0 saturated heterocycles. The van der Waals surface area contributed by atoms with E-state index in [1.54, 1.807) is 12.1 Å². The summed E-state index contributed by atoms with van der Waals surface area (Å²) in [4.78, 5) is 4.58. The fourth-order valence-electron chi connectivity index (χ4n) is 2.52. The fraction of sp³-hybridized carbons (Fsp3) is 0.182. The van der Waals surface area contributed by atoms with Gasteiger partial charge in [0.05, 0.1) is 22.9 Å². The molecule has 142 valence electrons. The SMILES string of the molecule is CCCCOc1ccc(/C=C(/C#N)c2nc(-c3ccc(Cl)cc3Cl)cs2)cc1. The first-order valence-corrected chi connectivity index (χ1v) is 10.5. The van der Waals surface area contributed by atoms with Gasteiger partial charge in [-0.2, -0.15) is 5.26 Å². The topological polar surface area (TPSA) is 45.9 Å². The normalized spacial score (nSPS) is 11.3. The van der Waals surface area contributed by atoms with Crippen LogP contribution in [0, 0.1) is 11.3 Å². The molecule has 0 N–H and O–H groups in total. The van der Waals surface area contributed by atoms with Gasteiger partial charge < -0.3 is 4.74 Å². The predicted octanol–water partition coefficient (Wildman–Crippen LogP) is 7.36. The zero-order valence-corrected chi connectivity index (χ0v) is 17.6. The number of ether oxygens (including phenoxy) is 1. The van der Waals surface area contributed by atoms with Crippen molar-refractivity contribution < 1.29 is 4.74 Å². The van der Waals surface area contributed by atoms with Crippen LogP contribution in [0.25, 0.3) is 22.9 Å². The average molecular weight is 429 g/mol. The van der Waals surface area contributed by atoms with Gasteiger partial charge in [-0.25, -0.2) is 4.98 Å². The van der Waals surface area contributed by atoms with Crippen LogP contribution < -0.4 is 4.74 Å². The molecule has 0 spiro atoms. The first-order chi connectivity index (χ1) is 13.6. The summed E-state index contributed by atoms with van der Waals surface area (Å²) in [6.45, 7) is 2.84. The van der Waals surface area contributed by atoms with Gasteiger partial charge in [-0.15, -0.1) is 11.3 Å². The smallest absolute Gasteiger partial charge is 0.134 e. The highest BCUT2D eigenvalue weighted by Crippen LogP contribution is 2.33. The lowest BCUT2D eigenvalue weighted by Crippen LogP contribution is -1.95. The van der Waals surface area contributed by atoms with Crippen LogP contribution in [0.4, 0.5) is 0 Å². The first kappa shape index (κ1) is 20.4. The van der Waals surface area contributed by atoms with Gasteiger partial charge in [0.15, 0.2) is 0 Å². The van der Waals surface area contributed by atoms with Crippen LogP contribution in [0.3, 0.4) is 0 Å². The van der Waals surface area contributed by atoms with Crippen LogP contribution in [0.1, 0.15) is 30.3 Å². The molecule has 0 fully saturated rings. The molecular weight excluding hydrogens is 411 g/mol. The molecule has 0 aliphatic heterocycles. The summed E-state index contributed by atoms with van der Waals surface area (Å²) in [5, 5.41) is 13.2. The third-order valence-electron chi connectivity index (χ3n) is 4.02. The minimum atomic E-state index is 0.501. The minimum absolute atomic E-state index is 0.501. The quantitative estimate of drug-likeness (QED) is 0.291. The maximum atomic E-state index is 9.59. The summed E-state index contributed by atoms with van der Waals surface area (Å²) in [6, 6.07) is 15.2. The standard InChI is InChI=1S/C22H18Cl2N2OS/c1-2-3-10-27-18-7-4-15(5-8-18)11-16(13-25)22-26-21(14-28-22)19-9-6-17(23)12-20(19)24/h4-9,11-12,14H,2-3,10H2,1H3/b16-11-. The van der Waals surface area contributed by atoms with Crippen molar-refractivity contribution in [3.63, 3.8) is 0 Å². The van der Waals surface area contributed by atoms with Crippen LogP contribution in [0.2, 0.25) is 10.0 Å². The van der Waals surface area contributed by atoms with E-state index in [1.165, 1.54) is 11.3 Å². The first-order valence-electron chi connectivity index (χ1n) is 8.86. The molecule has 0 aliphatic carbocycles. The predicted molar refractivity (Wildman–Crippen MR) is 118 cm³/mol. The molecule has 6 heteroatoms. The average Bonchev–Trinajstić information content (AvgIpc) is 3.17. The Bertz CT molecular complexity index is 1020. The molecule has 0 aliphatic rings. The Balaban J connectivity index is 1.80. The molecule has 0 unspecified atom stereocenters. The van der Waals surface area contributed by atoms with E-state index in [9.17, 15) is 5.26 Å². The molecule has 0 bridgehead atoms. The minimum Gasteiger partial charge on any atom is -0.494 e. The molecule has 28 heavy (non-hydrogen) atoms. The molecule has 1 heterocycles. The lowest BCUT2D eigenvalue weighted by Gasteiger charge is -2.05. The van der Waals surface area contributed by atoms with Crippen molar-refractivity contribution in [1.29, 1.82) is 5.26 Å². The summed E-state index contributed by atoms with van der Waals surface area (Å²) < 4.78 is 5.67. The monoisotopic (exact) mass is 428 g/mol. The zero-order chi connectivity index (χ0) is 19.9. The molecular formula is C22H18Cl2N2OS. The summed E-state index contributed by atoms with van der Waals surface area (Å²) in [7, 11) is 0. The fourth-order valence-corrected chi connectivity index (χ4v) is 3.81. The van der Waals surface area contributed by atoms with Crippen LogP contribution in [-0.2, 0) is 0 Å². The summed E-state index contributed by atoms with van der Waals surface area (Å²) in [5.74, 6) is 0.832. The lowest BCUT2D eigenvalue weighted by atomic mass is 10.1. The summed E-state index contributed by atoms with van der Waals surface area (Å²) in [6.07, 6.45) is 3.95. The second-order valence-electron chi connectivity index (χ2n) is 6.10. The van der Waals surface area contributed by atoms with Crippen molar-refractivity contribution in [2.45, 2.75) is 19.8 Å². The van der Waals surface area contributed by atoms with Gasteiger partial charge in [-0.3, -0.25) is 0 Å². The number of nitrogens with zero attached hydrogens (tertiary/aromatic N) is 2. The van der Waals surface area contributed by atoms with Crippen molar-refractivity contribution in [3.8, 4) is 23.1 Å². The van der Waals surface area contributed by atoms with Gasteiger partial charge in [0.1, 0.15) is 16.8 Å². The second kappa shape index (κ2) is 9.75. The maximum Gasteiger partial charge on any atom is 0.134 e. The van der Waals surface area contributed by atoms with E-state index in [2.05, 4.69) is 18.0 Å². The Hall–Kier alpha value is -2.32. The Morgan fingerprint density at radius 1 is 1.21 bits per heavy atom. The highest BCUT2D eigenvalue weighted by atomic mass is 35.5. The van der Waals surface area contributed by atoms with E-state index in [1.807, 2.05) is 41.8 Å². The molecule has 2 aromatic carbocycles. The van der Waals surface area contributed by atoms with Gasteiger partial charge in [0.2, 0.25) is 0 Å². The lowest BCUT2D eigenvalue weighted by molar-refractivity contribution is 0.309. The molecule has 3 nitrogen and oxygen atoms in total. The third kappa shape index (κ3) is 5.14. The van der Waals surface area contributed by atoms with Crippen LogP contribution >= 0.6 is 34.5 Å². The van der Waals surface area contributed by atoms with Crippen LogP contribution in [-0.4, -0.2) is 11.6 Å². The summed E-state index contributed by atoms with van der Waals surface area (Å²) >= 11 is 13.6. The maximum absolute atomic E-state index is 9.59. The van der Waals surface area contributed by atoms with Gasteiger partial charge in [0.25, 0.3) is 0 Å². The van der Waals surface area contributed by atoms with Crippen molar-refractivity contribution in [1.82, 2.24) is 4.98 Å². The van der Waals surface area contributed by atoms with Crippen molar-refractivity contribution >= 4 is 46.2 Å².